The van der Waals surface area contributed by atoms with Crippen molar-refractivity contribution in [2.24, 2.45) is 0 Å². The number of ether oxygens (including phenoxy) is 1. The molecular formula is C13H13NO2S. The lowest BCUT2D eigenvalue weighted by Crippen LogP contribution is -1.98. The van der Waals surface area contributed by atoms with Crippen molar-refractivity contribution in [3.8, 4) is 0 Å². The zero-order chi connectivity index (χ0) is 12.3. The zero-order valence-electron chi connectivity index (χ0n) is 9.77. The number of carbonyl (C=O) groups is 1. The minimum Gasteiger partial charge on any atom is -0.463 e. The van der Waals surface area contributed by atoms with Gasteiger partial charge < -0.3 is 4.74 Å². The highest BCUT2D eigenvalue weighted by Gasteiger charge is 2.00. The van der Waals surface area contributed by atoms with Crippen LogP contribution in [-0.2, 0) is 9.53 Å². The van der Waals surface area contributed by atoms with Crippen LogP contribution in [0.2, 0.25) is 0 Å². The number of hydrogen-bond acceptors (Lipinski definition) is 4. The molecule has 0 unspecified atom stereocenters. The summed E-state index contributed by atoms with van der Waals surface area (Å²) in [6.07, 6.45) is 3.20. The fraction of sp³-hybridized carbons (Fsp3) is 0.231. The largest absolute Gasteiger partial charge is 0.463 e. The third-order valence-corrected chi connectivity index (χ3v) is 3.15. The molecule has 0 N–H and O–H groups in total. The van der Waals surface area contributed by atoms with Gasteiger partial charge in [0.25, 0.3) is 0 Å². The van der Waals surface area contributed by atoms with Gasteiger partial charge in [0.1, 0.15) is 0 Å². The molecule has 1 aromatic heterocycles. The molecule has 17 heavy (non-hydrogen) atoms. The van der Waals surface area contributed by atoms with Gasteiger partial charge in [-0.2, -0.15) is 0 Å². The average molecular weight is 247 g/mol. The summed E-state index contributed by atoms with van der Waals surface area (Å²) in [6, 6.07) is 5.93. The van der Waals surface area contributed by atoms with Crippen molar-refractivity contribution in [3.63, 3.8) is 0 Å². The first-order valence-corrected chi connectivity index (χ1v) is 6.22. The fourth-order valence-corrected chi connectivity index (χ4v) is 2.39. The SMILES string of the molecule is CCOC(=O)/C=C/c1ccc2nc(C)sc2c1. The van der Waals surface area contributed by atoms with Gasteiger partial charge >= 0.3 is 5.97 Å². The Labute approximate surface area is 104 Å². The van der Waals surface area contributed by atoms with E-state index in [4.69, 9.17) is 4.74 Å². The van der Waals surface area contributed by atoms with Gasteiger partial charge in [0.15, 0.2) is 0 Å². The second-order valence-corrected chi connectivity index (χ2v) is 4.78. The Balaban J connectivity index is 2.21. The Bertz CT molecular complexity index is 572. The van der Waals surface area contributed by atoms with Gasteiger partial charge in [0.05, 0.1) is 21.8 Å². The molecule has 0 saturated heterocycles. The summed E-state index contributed by atoms with van der Waals surface area (Å²) >= 11 is 1.65. The number of nitrogens with zero attached hydrogens (tertiary/aromatic N) is 1. The number of esters is 1. The molecule has 1 aromatic carbocycles. The molecule has 0 atom stereocenters. The Hall–Kier alpha value is -1.68. The topological polar surface area (TPSA) is 39.2 Å². The highest BCUT2D eigenvalue weighted by Crippen LogP contribution is 2.23. The summed E-state index contributed by atoms with van der Waals surface area (Å²) in [6.45, 7) is 4.17. The maximum Gasteiger partial charge on any atom is 0.330 e. The van der Waals surface area contributed by atoms with Crippen LogP contribution in [0.4, 0.5) is 0 Å². The summed E-state index contributed by atoms with van der Waals surface area (Å²) in [5.74, 6) is -0.312. The lowest BCUT2D eigenvalue weighted by Gasteiger charge is -1.95. The second kappa shape index (κ2) is 5.10. The highest BCUT2D eigenvalue weighted by atomic mass is 32.1. The van der Waals surface area contributed by atoms with E-state index in [0.29, 0.717) is 6.61 Å². The average Bonchev–Trinajstić information content (AvgIpc) is 2.66. The monoisotopic (exact) mass is 247 g/mol. The van der Waals surface area contributed by atoms with Crippen LogP contribution in [0, 0.1) is 6.92 Å². The number of benzene rings is 1. The molecule has 0 amide bonds. The normalized spacial score (nSPS) is 11.2. The van der Waals surface area contributed by atoms with E-state index in [2.05, 4.69) is 4.98 Å². The van der Waals surface area contributed by atoms with E-state index in [9.17, 15) is 4.79 Å². The lowest BCUT2D eigenvalue weighted by atomic mass is 10.2. The fourth-order valence-electron chi connectivity index (χ4n) is 1.51. The van der Waals surface area contributed by atoms with Gasteiger partial charge in [0.2, 0.25) is 0 Å². The predicted octanol–water partition coefficient (Wildman–Crippen LogP) is 3.18. The first-order valence-electron chi connectivity index (χ1n) is 5.41. The van der Waals surface area contributed by atoms with Crippen molar-refractivity contribution >= 4 is 33.6 Å². The van der Waals surface area contributed by atoms with Crippen LogP contribution in [0.15, 0.2) is 24.3 Å². The van der Waals surface area contributed by atoms with Crippen LogP contribution in [0.5, 0.6) is 0 Å². The molecule has 0 aliphatic carbocycles. The van der Waals surface area contributed by atoms with Gasteiger partial charge in [-0.25, -0.2) is 9.78 Å². The van der Waals surface area contributed by atoms with Crippen LogP contribution in [0.1, 0.15) is 17.5 Å². The number of hydrogen-bond donors (Lipinski definition) is 0. The van der Waals surface area contributed by atoms with Crippen LogP contribution in [0.25, 0.3) is 16.3 Å². The molecule has 0 fully saturated rings. The van der Waals surface area contributed by atoms with Crippen molar-refractivity contribution in [3.05, 3.63) is 34.8 Å². The van der Waals surface area contributed by atoms with Crippen LogP contribution >= 0.6 is 11.3 Å². The van der Waals surface area contributed by atoms with Crippen LogP contribution < -0.4 is 0 Å². The standard InChI is InChI=1S/C13H13NO2S/c1-3-16-13(15)7-5-10-4-6-11-12(8-10)17-9(2)14-11/h4-8H,3H2,1-2H3/b7-5+. The molecule has 88 valence electrons. The minimum absolute atomic E-state index is 0.312. The van der Waals surface area contributed by atoms with E-state index < -0.39 is 0 Å². The molecule has 0 bridgehead atoms. The number of aryl methyl sites for hydroxylation is 1. The van der Waals surface area contributed by atoms with Crippen molar-refractivity contribution in [1.29, 1.82) is 0 Å². The smallest absolute Gasteiger partial charge is 0.330 e. The van der Waals surface area contributed by atoms with Gasteiger partial charge in [-0.15, -0.1) is 11.3 Å². The summed E-state index contributed by atoms with van der Waals surface area (Å²) < 4.78 is 5.95. The van der Waals surface area contributed by atoms with E-state index in [0.717, 1.165) is 20.8 Å². The number of rotatable bonds is 3. The molecule has 4 heteroatoms. The number of fused-ring (bicyclic) bond motifs is 1. The second-order valence-electron chi connectivity index (χ2n) is 3.55. The molecule has 1 heterocycles. The number of carbonyl (C=O) groups excluding carboxylic acids is 1. The Kier molecular flexibility index (Phi) is 3.54. The summed E-state index contributed by atoms with van der Waals surface area (Å²) in [4.78, 5) is 15.5. The minimum atomic E-state index is -0.312. The molecule has 2 aromatic rings. The van der Waals surface area contributed by atoms with E-state index in [1.165, 1.54) is 6.08 Å². The van der Waals surface area contributed by atoms with E-state index in [-0.39, 0.29) is 5.97 Å². The maximum atomic E-state index is 11.2. The molecular weight excluding hydrogens is 234 g/mol. The van der Waals surface area contributed by atoms with Crippen molar-refractivity contribution in [2.45, 2.75) is 13.8 Å². The van der Waals surface area contributed by atoms with Crippen molar-refractivity contribution in [2.75, 3.05) is 6.61 Å². The van der Waals surface area contributed by atoms with Gasteiger partial charge in [-0.3, -0.25) is 0 Å². The quantitative estimate of drug-likeness (QED) is 0.617. The van der Waals surface area contributed by atoms with Gasteiger partial charge in [-0.1, -0.05) is 6.07 Å². The molecule has 0 saturated carbocycles. The maximum absolute atomic E-state index is 11.2. The Morgan fingerprint density at radius 1 is 1.53 bits per heavy atom. The zero-order valence-corrected chi connectivity index (χ0v) is 10.6. The van der Waals surface area contributed by atoms with Crippen LogP contribution in [0.3, 0.4) is 0 Å². The van der Waals surface area contributed by atoms with E-state index >= 15 is 0 Å². The van der Waals surface area contributed by atoms with Crippen molar-refractivity contribution in [1.82, 2.24) is 4.98 Å². The summed E-state index contributed by atoms with van der Waals surface area (Å²) in [5.41, 5.74) is 1.98. The van der Waals surface area contributed by atoms with Crippen LogP contribution in [-0.4, -0.2) is 17.6 Å². The summed E-state index contributed by atoms with van der Waals surface area (Å²) in [5, 5.41) is 1.05. The predicted molar refractivity (Wildman–Crippen MR) is 70.0 cm³/mol. The highest BCUT2D eigenvalue weighted by molar-refractivity contribution is 7.18. The first kappa shape index (κ1) is 11.8. The number of thiazole rings is 1. The van der Waals surface area contributed by atoms with E-state index in [1.54, 1.807) is 24.3 Å². The van der Waals surface area contributed by atoms with Gasteiger partial charge in [-0.05, 0) is 37.6 Å². The lowest BCUT2D eigenvalue weighted by molar-refractivity contribution is -0.137. The van der Waals surface area contributed by atoms with Crippen molar-refractivity contribution < 1.29 is 9.53 Å². The Morgan fingerprint density at radius 3 is 3.12 bits per heavy atom. The summed E-state index contributed by atoms with van der Waals surface area (Å²) in [7, 11) is 0. The third-order valence-electron chi connectivity index (χ3n) is 2.22. The van der Waals surface area contributed by atoms with E-state index in [1.807, 2.05) is 25.1 Å². The molecule has 3 nitrogen and oxygen atoms in total. The third kappa shape index (κ3) is 2.91. The van der Waals surface area contributed by atoms with Gasteiger partial charge in [0, 0.05) is 6.08 Å². The molecule has 0 aliphatic rings. The molecule has 0 spiro atoms. The number of aromatic nitrogens is 1. The molecule has 2 rings (SSSR count). The molecule has 0 aliphatic heterocycles. The Morgan fingerprint density at radius 2 is 2.35 bits per heavy atom. The first-order chi connectivity index (χ1) is 8.19. The molecule has 0 radical (unpaired) electrons.